The lowest BCUT2D eigenvalue weighted by atomic mass is 10.1. The Morgan fingerprint density at radius 2 is 1.95 bits per heavy atom. The Balaban J connectivity index is 2.34. The number of carbonyl (C=O) groups is 1. The summed E-state index contributed by atoms with van der Waals surface area (Å²) in [5.74, 6) is -0.263. The summed E-state index contributed by atoms with van der Waals surface area (Å²) >= 11 is 5.06. The van der Waals surface area contributed by atoms with Gasteiger partial charge in [-0.05, 0) is 42.9 Å². The van der Waals surface area contributed by atoms with Crippen molar-refractivity contribution >= 4 is 23.2 Å². The molecule has 4 nitrogen and oxygen atoms in total. The molecule has 0 aliphatic heterocycles. The van der Waals surface area contributed by atoms with Crippen LogP contribution in [0.5, 0.6) is 0 Å². The highest BCUT2D eigenvalue weighted by molar-refractivity contribution is 7.80. The molecule has 0 saturated carbocycles. The molecule has 0 fully saturated rings. The first kappa shape index (κ1) is 16.1. The summed E-state index contributed by atoms with van der Waals surface area (Å²) in [6, 6.07) is 8.44. The van der Waals surface area contributed by atoms with Crippen molar-refractivity contribution in [2.45, 2.75) is 32.6 Å². The molecule has 0 heterocycles. The van der Waals surface area contributed by atoms with Crippen molar-refractivity contribution < 1.29 is 4.79 Å². The van der Waals surface area contributed by atoms with Crippen molar-refractivity contribution in [1.82, 2.24) is 10.6 Å². The first-order valence-electron chi connectivity index (χ1n) is 6.76. The molecule has 106 valence electrons. The van der Waals surface area contributed by atoms with Crippen LogP contribution in [0.3, 0.4) is 0 Å². The number of nitrogens with zero attached hydrogens (tertiary/aromatic N) is 1. The molecule has 5 heteroatoms. The number of nitrogens with one attached hydrogen (secondary N) is 2. The zero-order chi connectivity index (χ0) is 14.8. The lowest BCUT2D eigenvalue weighted by molar-refractivity contribution is 0.0976. The molecule has 0 unspecified atom stereocenters. The van der Waals surface area contributed by atoms with E-state index in [1.165, 1.54) is 12.8 Å². The van der Waals surface area contributed by atoms with Crippen LogP contribution in [0.1, 0.15) is 48.5 Å². The average Bonchev–Trinajstić information content (AvgIpc) is 2.47. The van der Waals surface area contributed by atoms with Gasteiger partial charge >= 0.3 is 0 Å². The van der Waals surface area contributed by atoms with Gasteiger partial charge in [0, 0.05) is 12.1 Å². The fourth-order valence-electron chi connectivity index (χ4n) is 1.67. The van der Waals surface area contributed by atoms with Crippen molar-refractivity contribution in [2.24, 2.45) is 0 Å². The van der Waals surface area contributed by atoms with E-state index >= 15 is 0 Å². The summed E-state index contributed by atoms with van der Waals surface area (Å²) in [7, 11) is 0. The Morgan fingerprint density at radius 1 is 1.25 bits per heavy atom. The molecule has 0 aliphatic rings. The Bertz CT molecular complexity index is 491. The highest BCUT2D eigenvalue weighted by Crippen LogP contribution is 2.03. The smallest absolute Gasteiger partial charge is 0.257 e. The molecule has 2 N–H and O–H groups in total. The van der Waals surface area contributed by atoms with E-state index in [0.717, 1.165) is 19.4 Å². The standard InChI is InChI=1S/C15H19N3OS/c1-2-3-4-5-10-17-15(20)18-14(19)13-8-6-12(11-16)7-9-13/h6-9H,2-5,10H2,1H3,(H2,17,18,19,20). The number of hydrogen-bond donors (Lipinski definition) is 2. The largest absolute Gasteiger partial charge is 0.362 e. The number of carbonyl (C=O) groups excluding carboxylic acids is 1. The van der Waals surface area contributed by atoms with Gasteiger partial charge in [-0.2, -0.15) is 5.26 Å². The monoisotopic (exact) mass is 289 g/mol. The Morgan fingerprint density at radius 3 is 2.55 bits per heavy atom. The van der Waals surface area contributed by atoms with Crippen LogP contribution in [0.15, 0.2) is 24.3 Å². The van der Waals surface area contributed by atoms with E-state index in [1.807, 2.05) is 6.07 Å². The number of amides is 1. The van der Waals surface area contributed by atoms with Gasteiger partial charge in [0.1, 0.15) is 0 Å². The molecule has 1 rings (SSSR count). The van der Waals surface area contributed by atoms with Gasteiger partial charge in [0.15, 0.2) is 5.11 Å². The summed E-state index contributed by atoms with van der Waals surface area (Å²) in [5, 5.41) is 14.7. The van der Waals surface area contributed by atoms with Crippen LogP contribution in [0.2, 0.25) is 0 Å². The second kappa shape index (κ2) is 9.05. The van der Waals surface area contributed by atoms with E-state index in [4.69, 9.17) is 17.5 Å². The lowest BCUT2D eigenvalue weighted by Crippen LogP contribution is -2.39. The topological polar surface area (TPSA) is 64.9 Å². The fourth-order valence-corrected chi connectivity index (χ4v) is 1.86. The first-order chi connectivity index (χ1) is 9.67. The predicted molar refractivity (Wildman–Crippen MR) is 83.4 cm³/mol. The first-order valence-corrected chi connectivity index (χ1v) is 7.17. The molecular formula is C15H19N3OS. The van der Waals surface area contributed by atoms with Crippen molar-refractivity contribution in [3.05, 3.63) is 35.4 Å². The van der Waals surface area contributed by atoms with Gasteiger partial charge in [0.2, 0.25) is 0 Å². The number of hydrogen-bond acceptors (Lipinski definition) is 3. The van der Waals surface area contributed by atoms with Crippen LogP contribution < -0.4 is 10.6 Å². The number of unbranched alkanes of at least 4 members (excludes halogenated alkanes) is 3. The Hall–Kier alpha value is -1.93. The molecule has 20 heavy (non-hydrogen) atoms. The van der Waals surface area contributed by atoms with Gasteiger partial charge in [-0.3, -0.25) is 10.1 Å². The SMILES string of the molecule is CCCCCCNC(=S)NC(=O)c1ccc(C#N)cc1. The molecule has 0 spiro atoms. The maximum atomic E-state index is 11.9. The minimum atomic E-state index is -0.263. The van der Waals surface area contributed by atoms with E-state index in [2.05, 4.69) is 17.6 Å². The minimum Gasteiger partial charge on any atom is -0.362 e. The van der Waals surface area contributed by atoms with Crippen LogP contribution in [-0.4, -0.2) is 17.6 Å². The number of thiocarbonyl (C=S) groups is 1. The molecule has 1 aromatic rings. The normalized spacial score (nSPS) is 9.60. The molecule has 0 atom stereocenters. The molecular weight excluding hydrogens is 270 g/mol. The van der Waals surface area contributed by atoms with Gasteiger partial charge in [-0.15, -0.1) is 0 Å². The van der Waals surface area contributed by atoms with Gasteiger partial charge in [-0.1, -0.05) is 26.2 Å². The third kappa shape index (κ3) is 5.81. The Kier molecular flexibility index (Phi) is 7.30. The average molecular weight is 289 g/mol. The van der Waals surface area contributed by atoms with Crippen LogP contribution in [0, 0.1) is 11.3 Å². The van der Waals surface area contributed by atoms with Crippen molar-refractivity contribution in [3.63, 3.8) is 0 Å². The van der Waals surface area contributed by atoms with Crippen molar-refractivity contribution in [2.75, 3.05) is 6.54 Å². The minimum absolute atomic E-state index is 0.263. The van der Waals surface area contributed by atoms with Gasteiger partial charge in [0.25, 0.3) is 5.91 Å². The highest BCUT2D eigenvalue weighted by atomic mass is 32.1. The molecule has 0 bridgehead atoms. The summed E-state index contributed by atoms with van der Waals surface area (Å²) in [6.07, 6.45) is 4.61. The quantitative estimate of drug-likeness (QED) is 0.624. The van der Waals surface area contributed by atoms with Crippen LogP contribution in [0.4, 0.5) is 0 Å². The zero-order valence-electron chi connectivity index (χ0n) is 11.6. The molecule has 0 saturated heterocycles. The number of benzene rings is 1. The highest BCUT2D eigenvalue weighted by Gasteiger charge is 2.07. The summed E-state index contributed by atoms with van der Waals surface area (Å²) in [5.41, 5.74) is 1.01. The zero-order valence-corrected chi connectivity index (χ0v) is 12.4. The number of rotatable bonds is 6. The summed E-state index contributed by atoms with van der Waals surface area (Å²) in [6.45, 7) is 2.93. The molecule has 1 amide bonds. The Labute approximate surface area is 125 Å². The molecule has 0 aromatic heterocycles. The third-order valence-electron chi connectivity index (χ3n) is 2.82. The summed E-state index contributed by atoms with van der Waals surface area (Å²) < 4.78 is 0. The van der Waals surface area contributed by atoms with E-state index in [1.54, 1.807) is 24.3 Å². The maximum Gasteiger partial charge on any atom is 0.257 e. The van der Waals surface area contributed by atoms with Gasteiger partial charge in [0.05, 0.1) is 11.6 Å². The van der Waals surface area contributed by atoms with Crippen molar-refractivity contribution in [1.29, 1.82) is 5.26 Å². The van der Waals surface area contributed by atoms with E-state index in [-0.39, 0.29) is 5.91 Å². The third-order valence-corrected chi connectivity index (χ3v) is 3.07. The lowest BCUT2D eigenvalue weighted by Gasteiger charge is -2.09. The number of nitriles is 1. The molecule has 1 aromatic carbocycles. The van der Waals surface area contributed by atoms with E-state index < -0.39 is 0 Å². The molecule has 0 radical (unpaired) electrons. The predicted octanol–water partition coefficient (Wildman–Crippen LogP) is 2.74. The fraction of sp³-hybridized carbons (Fsp3) is 0.400. The second-order valence-electron chi connectivity index (χ2n) is 4.46. The summed E-state index contributed by atoms with van der Waals surface area (Å²) in [4.78, 5) is 11.9. The van der Waals surface area contributed by atoms with Gasteiger partial charge < -0.3 is 5.32 Å². The van der Waals surface area contributed by atoms with Crippen molar-refractivity contribution in [3.8, 4) is 6.07 Å². The van der Waals surface area contributed by atoms with E-state index in [9.17, 15) is 4.79 Å². The van der Waals surface area contributed by atoms with E-state index in [0.29, 0.717) is 16.2 Å². The van der Waals surface area contributed by atoms with Crippen LogP contribution >= 0.6 is 12.2 Å². The molecule has 0 aliphatic carbocycles. The maximum absolute atomic E-state index is 11.9. The van der Waals surface area contributed by atoms with Gasteiger partial charge in [-0.25, -0.2) is 0 Å². The second-order valence-corrected chi connectivity index (χ2v) is 4.87. The van der Waals surface area contributed by atoms with Crippen LogP contribution in [-0.2, 0) is 0 Å². The van der Waals surface area contributed by atoms with Crippen LogP contribution in [0.25, 0.3) is 0 Å².